The summed E-state index contributed by atoms with van der Waals surface area (Å²) in [5.74, 6) is 0. The fourth-order valence-corrected chi connectivity index (χ4v) is 2.47. The summed E-state index contributed by atoms with van der Waals surface area (Å²) in [5.41, 5.74) is 4.33. The van der Waals surface area contributed by atoms with Crippen LogP contribution in [0.25, 0.3) is 0 Å². The minimum Gasteiger partial charge on any atom is -0.591 e. The highest BCUT2D eigenvalue weighted by molar-refractivity contribution is 7.91. The van der Waals surface area contributed by atoms with E-state index in [-0.39, 0.29) is 4.75 Å². The van der Waals surface area contributed by atoms with Gasteiger partial charge in [-0.05, 0) is 52.2 Å². The predicted molar refractivity (Wildman–Crippen MR) is 71.7 cm³/mol. The Hall–Kier alpha value is -0.870. The van der Waals surface area contributed by atoms with Crippen LogP contribution < -0.4 is 0 Å². The van der Waals surface area contributed by atoms with Crippen molar-refractivity contribution in [2.75, 3.05) is 0 Å². The molecule has 0 fully saturated rings. The average Bonchev–Trinajstić information content (AvgIpc) is 2.59. The molecular weight excluding hydrogens is 232 g/mol. The lowest BCUT2D eigenvalue weighted by molar-refractivity contribution is 0.561. The molecule has 0 N–H and O–H groups in total. The molecule has 4 heteroatoms. The fraction of sp³-hybridized carbons (Fsp3) is 0.538. The van der Waals surface area contributed by atoms with E-state index >= 15 is 0 Å². The van der Waals surface area contributed by atoms with Crippen LogP contribution in [0.1, 0.15) is 44.0 Å². The number of hydrogen-bond acceptors (Lipinski definition) is 3. The maximum absolute atomic E-state index is 12.0. The van der Waals surface area contributed by atoms with Crippen LogP contribution in [0.2, 0.25) is 0 Å². The second-order valence-electron chi connectivity index (χ2n) is 5.38. The lowest BCUT2D eigenvalue weighted by atomic mass is 10.1. The van der Waals surface area contributed by atoms with Gasteiger partial charge in [-0.1, -0.05) is 4.40 Å². The Bertz CT molecular complexity index is 463. The maximum atomic E-state index is 12.0. The van der Waals surface area contributed by atoms with Gasteiger partial charge in [0, 0.05) is 17.5 Å². The Morgan fingerprint density at radius 3 is 2.71 bits per heavy atom. The van der Waals surface area contributed by atoms with E-state index in [1.165, 1.54) is 5.56 Å². The normalized spacial score (nSPS) is 19.5. The number of nitrogens with zero attached hydrogens (tertiary/aromatic N) is 2. The summed E-state index contributed by atoms with van der Waals surface area (Å²) in [6.07, 6.45) is 3.72. The van der Waals surface area contributed by atoms with Crippen LogP contribution >= 0.6 is 0 Å². The number of aryl methyl sites for hydroxylation is 2. The van der Waals surface area contributed by atoms with Crippen molar-refractivity contribution in [1.82, 2.24) is 4.98 Å². The summed E-state index contributed by atoms with van der Waals surface area (Å²) in [6.45, 7) is 7.81. The van der Waals surface area contributed by atoms with E-state index in [0.717, 1.165) is 29.8 Å². The number of rotatable bonds is 1. The van der Waals surface area contributed by atoms with Gasteiger partial charge in [0.1, 0.15) is 21.8 Å². The topological polar surface area (TPSA) is 48.3 Å². The summed E-state index contributed by atoms with van der Waals surface area (Å²) in [4.78, 5) is 4.29. The first kappa shape index (κ1) is 12.6. The van der Waals surface area contributed by atoms with E-state index in [2.05, 4.69) is 15.4 Å². The van der Waals surface area contributed by atoms with Crippen molar-refractivity contribution in [3.63, 3.8) is 0 Å². The molecule has 0 unspecified atom stereocenters. The third-order valence-electron chi connectivity index (χ3n) is 2.79. The highest BCUT2D eigenvalue weighted by Gasteiger charge is 2.29. The minimum absolute atomic E-state index is 0.298. The standard InChI is InChI=1S/C13H18N2OS/c1-9-7-10-5-6-12(11(10)8-14-9)15-17(16)13(2,3)4/h7-8H,5-6H2,1-4H3/b15-12+/t17-/m1/s1. The van der Waals surface area contributed by atoms with E-state index < -0.39 is 11.4 Å². The van der Waals surface area contributed by atoms with Crippen LogP contribution in [-0.4, -0.2) is 20.0 Å². The number of pyridine rings is 1. The van der Waals surface area contributed by atoms with Crippen molar-refractivity contribution in [1.29, 1.82) is 0 Å². The van der Waals surface area contributed by atoms with Crippen molar-refractivity contribution in [2.45, 2.75) is 45.3 Å². The minimum atomic E-state index is -1.18. The molecule has 1 aliphatic rings. The summed E-state index contributed by atoms with van der Waals surface area (Å²) >= 11 is -1.18. The smallest absolute Gasteiger partial charge is 0.144 e. The van der Waals surface area contributed by atoms with Gasteiger partial charge in [0.15, 0.2) is 0 Å². The number of fused-ring (bicyclic) bond motifs is 1. The summed E-state index contributed by atoms with van der Waals surface area (Å²) < 4.78 is 16.1. The quantitative estimate of drug-likeness (QED) is 0.719. The molecule has 1 heterocycles. The van der Waals surface area contributed by atoms with Gasteiger partial charge >= 0.3 is 0 Å². The molecule has 0 bridgehead atoms. The molecule has 1 aliphatic carbocycles. The first-order chi connectivity index (χ1) is 7.88. The molecule has 0 saturated heterocycles. The van der Waals surface area contributed by atoms with Crippen molar-refractivity contribution < 1.29 is 4.55 Å². The van der Waals surface area contributed by atoms with Gasteiger partial charge in [0.2, 0.25) is 0 Å². The first-order valence-corrected chi connectivity index (χ1v) is 6.94. The molecule has 1 aromatic rings. The molecule has 3 nitrogen and oxygen atoms in total. The number of hydrogen-bond donors (Lipinski definition) is 0. The maximum Gasteiger partial charge on any atom is 0.144 e. The Labute approximate surface area is 106 Å². The van der Waals surface area contributed by atoms with Gasteiger partial charge in [-0.25, -0.2) is 0 Å². The molecule has 17 heavy (non-hydrogen) atoms. The van der Waals surface area contributed by atoms with Crippen LogP contribution in [0.5, 0.6) is 0 Å². The van der Waals surface area contributed by atoms with Crippen LogP contribution in [0.4, 0.5) is 0 Å². The van der Waals surface area contributed by atoms with Crippen LogP contribution in [0, 0.1) is 6.92 Å². The average molecular weight is 250 g/mol. The van der Waals surface area contributed by atoms with Crippen molar-refractivity contribution in [2.24, 2.45) is 4.40 Å². The largest absolute Gasteiger partial charge is 0.591 e. The molecule has 1 aromatic heterocycles. The Morgan fingerprint density at radius 1 is 1.35 bits per heavy atom. The van der Waals surface area contributed by atoms with E-state index in [1.807, 2.05) is 33.9 Å². The van der Waals surface area contributed by atoms with E-state index in [4.69, 9.17) is 0 Å². The van der Waals surface area contributed by atoms with Gasteiger partial charge in [-0.15, -0.1) is 0 Å². The summed E-state index contributed by atoms with van der Waals surface area (Å²) in [7, 11) is 0. The van der Waals surface area contributed by atoms with Crippen molar-refractivity contribution >= 4 is 17.1 Å². The van der Waals surface area contributed by atoms with Crippen LogP contribution in [-0.2, 0) is 17.8 Å². The Balaban J connectivity index is 2.31. The second kappa shape index (κ2) is 4.42. The predicted octanol–water partition coefficient (Wildman–Crippen LogP) is 2.59. The molecule has 0 aromatic carbocycles. The second-order valence-corrected chi connectivity index (χ2v) is 7.29. The highest BCUT2D eigenvalue weighted by atomic mass is 32.2. The van der Waals surface area contributed by atoms with E-state index in [0.29, 0.717) is 0 Å². The third-order valence-corrected chi connectivity index (χ3v) is 4.22. The van der Waals surface area contributed by atoms with Crippen LogP contribution in [0.3, 0.4) is 0 Å². The van der Waals surface area contributed by atoms with Crippen molar-refractivity contribution in [3.05, 3.63) is 29.1 Å². The third kappa shape index (κ3) is 2.69. The van der Waals surface area contributed by atoms with Gasteiger partial charge in [0.25, 0.3) is 0 Å². The molecule has 0 radical (unpaired) electrons. The molecule has 0 amide bonds. The highest BCUT2D eigenvalue weighted by Crippen LogP contribution is 2.25. The van der Waals surface area contributed by atoms with E-state index in [9.17, 15) is 4.55 Å². The lowest BCUT2D eigenvalue weighted by Crippen LogP contribution is -2.26. The van der Waals surface area contributed by atoms with Gasteiger partial charge in [-0.2, -0.15) is 0 Å². The van der Waals surface area contributed by atoms with E-state index in [1.54, 1.807) is 0 Å². The van der Waals surface area contributed by atoms with Crippen molar-refractivity contribution in [3.8, 4) is 0 Å². The molecule has 92 valence electrons. The Kier molecular flexibility index (Phi) is 3.27. The molecular formula is C13H18N2OS. The zero-order chi connectivity index (χ0) is 12.6. The molecule has 1 atom stereocenters. The first-order valence-electron chi connectivity index (χ1n) is 5.83. The monoisotopic (exact) mass is 250 g/mol. The van der Waals surface area contributed by atoms with Gasteiger partial charge in [-0.3, -0.25) is 4.98 Å². The molecule has 2 rings (SSSR count). The fourth-order valence-electron chi connectivity index (χ4n) is 1.80. The Morgan fingerprint density at radius 2 is 2.06 bits per heavy atom. The molecule has 0 aliphatic heterocycles. The number of aromatic nitrogens is 1. The molecule has 0 spiro atoms. The SMILES string of the molecule is Cc1cc2c(cn1)/C(=N/[S@+]([O-])C(C)(C)C)CC2. The summed E-state index contributed by atoms with van der Waals surface area (Å²) in [6, 6.07) is 2.10. The summed E-state index contributed by atoms with van der Waals surface area (Å²) in [5, 5.41) is 0. The van der Waals surface area contributed by atoms with Gasteiger partial charge < -0.3 is 4.55 Å². The lowest BCUT2D eigenvalue weighted by Gasteiger charge is -2.18. The van der Waals surface area contributed by atoms with Gasteiger partial charge in [0.05, 0.1) is 0 Å². The van der Waals surface area contributed by atoms with Crippen LogP contribution in [0.15, 0.2) is 16.7 Å². The molecule has 0 saturated carbocycles. The zero-order valence-corrected chi connectivity index (χ0v) is 11.6. The zero-order valence-electron chi connectivity index (χ0n) is 10.8.